The van der Waals surface area contributed by atoms with Crippen LogP contribution in [0.1, 0.15) is 35.5 Å². The van der Waals surface area contributed by atoms with E-state index in [4.69, 9.17) is 16.3 Å². The van der Waals surface area contributed by atoms with Gasteiger partial charge in [-0.25, -0.2) is 0 Å². The van der Waals surface area contributed by atoms with Gasteiger partial charge in [-0.2, -0.15) is 13.2 Å². The Labute approximate surface area is 167 Å². The summed E-state index contributed by atoms with van der Waals surface area (Å²) in [4.78, 5) is 16.1. The minimum atomic E-state index is -4.34. The van der Waals surface area contributed by atoms with Gasteiger partial charge in [0.2, 0.25) is 0 Å². The standard InChI is InChI=1S/C20H22ClF3N2O2/c1-13(2)11-26-19(27)18-6-3-14(12-25-18)7-8-28-16-4-5-17(21)15(9-16)10-20(22,23)24/h3-6,9,12-13H,7-8,10-11H2,1-2H3,(H,26,27). The summed E-state index contributed by atoms with van der Waals surface area (Å²) in [5.74, 6) is 0.445. The molecule has 0 aliphatic heterocycles. The van der Waals surface area contributed by atoms with Gasteiger partial charge < -0.3 is 10.1 Å². The van der Waals surface area contributed by atoms with Gasteiger partial charge in [-0.15, -0.1) is 0 Å². The zero-order valence-corrected chi connectivity index (χ0v) is 16.4. The number of nitrogens with one attached hydrogen (secondary N) is 1. The van der Waals surface area contributed by atoms with Crippen LogP contribution in [0.3, 0.4) is 0 Å². The largest absolute Gasteiger partial charge is 0.493 e. The van der Waals surface area contributed by atoms with Gasteiger partial charge >= 0.3 is 6.18 Å². The van der Waals surface area contributed by atoms with Gasteiger partial charge in [-0.1, -0.05) is 31.5 Å². The predicted octanol–water partition coefficient (Wildman–Crippen LogP) is 4.85. The van der Waals surface area contributed by atoms with Crippen molar-refractivity contribution in [1.29, 1.82) is 0 Å². The van der Waals surface area contributed by atoms with Gasteiger partial charge in [0, 0.05) is 24.2 Å². The minimum absolute atomic E-state index is 0.0231. The first-order chi connectivity index (χ1) is 13.1. The lowest BCUT2D eigenvalue weighted by molar-refractivity contribution is -0.127. The van der Waals surface area contributed by atoms with Gasteiger partial charge in [-0.3, -0.25) is 9.78 Å². The quantitative estimate of drug-likeness (QED) is 0.672. The molecule has 0 saturated carbocycles. The van der Waals surface area contributed by atoms with E-state index in [-0.39, 0.29) is 23.1 Å². The molecule has 8 heteroatoms. The van der Waals surface area contributed by atoms with Crippen LogP contribution in [0.15, 0.2) is 36.5 Å². The molecular weight excluding hydrogens is 393 g/mol. The zero-order chi connectivity index (χ0) is 20.7. The number of hydrogen-bond donors (Lipinski definition) is 1. The molecule has 1 aromatic heterocycles. The molecule has 1 heterocycles. The number of carbonyl (C=O) groups is 1. The maximum Gasteiger partial charge on any atom is 0.393 e. The summed E-state index contributed by atoms with van der Waals surface area (Å²) in [5, 5.41) is 2.85. The van der Waals surface area contributed by atoms with Crippen molar-refractivity contribution < 1.29 is 22.7 Å². The molecule has 0 atom stereocenters. The third-order valence-corrected chi connectivity index (χ3v) is 4.16. The summed E-state index contributed by atoms with van der Waals surface area (Å²) in [5.41, 5.74) is 1.16. The van der Waals surface area contributed by atoms with E-state index in [1.54, 1.807) is 18.3 Å². The lowest BCUT2D eigenvalue weighted by atomic mass is 10.1. The van der Waals surface area contributed by atoms with Gasteiger partial charge in [0.1, 0.15) is 11.4 Å². The lowest BCUT2D eigenvalue weighted by Crippen LogP contribution is -2.28. The Hall–Kier alpha value is -2.28. The van der Waals surface area contributed by atoms with Gasteiger partial charge in [0.25, 0.3) is 5.91 Å². The van der Waals surface area contributed by atoms with Gasteiger partial charge in [0.15, 0.2) is 0 Å². The fourth-order valence-corrected chi connectivity index (χ4v) is 2.56. The number of rotatable bonds is 8. The van der Waals surface area contributed by atoms with Gasteiger partial charge in [0.05, 0.1) is 13.0 Å². The van der Waals surface area contributed by atoms with Crippen LogP contribution in [0.4, 0.5) is 13.2 Å². The van der Waals surface area contributed by atoms with Crippen LogP contribution in [0, 0.1) is 5.92 Å². The fraction of sp³-hybridized carbons (Fsp3) is 0.400. The van der Waals surface area contributed by atoms with Crippen molar-refractivity contribution in [3.05, 3.63) is 58.4 Å². The van der Waals surface area contributed by atoms with Crippen molar-refractivity contribution in [2.24, 2.45) is 5.92 Å². The van der Waals surface area contributed by atoms with Crippen LogP contribution >= 0.6 is 11.6 Å². The van der Waals surface area contributed by atoms with Crippen LogP contribution in [0.2, 0.25) is 5.02 Å². The summed E-state index contributed by atoms with van der Waals surface area (Å²) in [6, 6.07) is 7.63. The lowest BCUT2D eigenvalue weighted by Gasteiger charge is -2.11. The zero-order valence-electron chi connectivity index (χ0n) is 15.6. The number of benzene rings is 1. The number of nitrogens with zero attached hydrogens (tertiary/aromatic N) is 1. The third-order valence-electron chi connectivity index (χ3n) is 3.80. The number of carbonyl (C=O) groups excluding carboxylic acids is 1. The van der Waals surface area contributed by atoms with Crippen LogP contribution in [-0.2, 0) is 12.8 Å². The molecule has 0 fully saturated rings. The van der Waals surface area contributed by atoms with Crippen molar-refractivity contribution in [1.82, 2.24) is 10.3 Å². The number of alkyl halides is 3. The van der Waals surface area contributed by atoms with Crippen LogP contribution in [-0.4, -0.2) is 30.2 Å². The molecule has 1 aromatic carbocycles. The highest BCUT2D eigenvalue weighted by atomic mass is 35.5. The maximum absolute atomic E-state index is 12.6. The summed E-state index contributed by atoms with van der Waals surface area (Å²) in [6.07, 6.45) is -3.35. The molecule has 1 amide bonds. The molecule has 2 rings (SSSR count). The van der Waals surface area contributed by atoms with Crippen LogP contribution < -0.4 is 10.1 Å². The Kier molecular flexibility index (Phi) is 7.69. The summed E-state index contributed by atoms with van der Waals surface area (Å²) < 4.78 is 43.2. The van der Waals surface area contributed by atoms with E-state index < -0.39 is 12.6 Å². The molecule has 152 valence electrons. The number of aromatic nitrogens is 1. The van der Waals surface area contributed by atoms with Crippen molar-refractivity contribution in [3.8, 4) is 5.75 Å². The predicted molar refractivity (Wildman–Crippen MR) is 102 cm³/mol. The Balaban J connectivity index is 1.88. The number of amides is 1. The van der Waals surface area contributed by atoms with Crippen molar-refractivity contribution in [2.75, 3.05) is 13.2 Å². The highest BCUT2D eigenvalue weighted by Crippen LogP contribution is 2.29. The van der Waals surface area contributed by atoms with E-state index in [1.807, 2.05) is 13.8 Å². The maximum atomic E-state index is 12.6. The highest BCUT2D eigenvalue weighted by molar-refractivity contribution is 6.31. The Morgan fingerprint density at radius 2 is 2.00 bits per heavy atom. The molecule has 0 unspecified atom stereocenters. The first-order valence-corrected chi connectivity index (χ1v) is 9.23. The summed E-state index contributed by atoms with van der Waals surface area (Å²) in [7, 11) is 0. The van der Waals surface area contributed by atoms with E-state index in [2.05, 4.69) is 10.3 Å². The highest BCUT2D eigenvalue weighted by Gasteiger charge is 2.28. The van der Waals surface area contributed by atoms with Crippen LogP contribution in [0.5, 0.6) is 5.75 Å². The molecule has 1 N–H and O–H groups in total. The van der Waals surface area contributed by atoms with Crippen molar-refractivity contribution in [3.63, 3.8) is 0 Å². The monoisotopic (exact) mass is 414 g/mol. The van der Waals surface area contributed by atoms with E-state index in [1.165, 1.54) is 18.2 Å². The second-order valence-electron chi connectivity index (χ2n) is 6.80. The number of halogens is 4. The summed E-state index contributed by atoms with van der Waals surface area (Å²) >= 11 is 5.82. The summed E-state index contributed by atoms with van der Waals surface area (Å²) in [6.45, 7) is 4.84. The Bertz CT molecular complexity index is 793. The Morgan fingerprint density at radius 1 is 1.25 bits per heavy atom. The van der Waals surface area contributed by atoms with E-state index in [9.17, 15) is 18.0 Å². The second-order valence-corrected chi connectivity index (χ2v) is 7.21. The first kappa shape index (κ1) is 22.0. The van der Waals surface area contributed by atoms with E-state index in [0.717, 1.165) is 5.56 Å². The molecule has 28 heavy (non-hydrogen) atoms. The van der Waals surface area contributed by atoms with Crippen LogP contribution in [0.25, 0.3) is 0 Å². The molecular formula is C20H22ClF3N2O2. The first-order valence-electron chi connectivity index (χ1n) is 8.85. The molecule has 0 spiro atoms. The molecule has 0 radical (unpaired) electrons. The number of pyridine rings is 1. The molecule has 2 aromatic rings. The molecule has 0 bridgehead atoms. The molecule has 4 nitrogen and oxygen atoms in total. The molecule has 0 aliphatic rings. The molecule has 0 aliphatic carbocycles. The second kappa shape index (κ2) is 9.78. The molecule has 0 saturated heterocycles. The van der Waals surface area contributed by atoms with Crippen molar-refractivity contribution in [2.45, 2.75) is 32.9 Å². The van der Waals surface area contributed by atoms with Gasteiger partial charge in [-0.05, 0) is 41.3 Å². The average Bonchev–Trinajstić information content (AvgIpc) is 2.61. The Morgan fingerprint density at radius 3 is 2.61 bits per heavy atom. The van der Waals surface area contributed by atoms with E-state index >= 15 is 0 Å². The number of hydrogen-bond acceptors (Lipinski definition) is 3. The SMILES string of the molecule is CC(C)CNC(=O)c1ccc(CCOc2ccc(Cl)c(CC(F)(F)F)c2)cn1. The smallest absolute Gasteiger partial charge is 0.393 e. The van der Waals surface area contributed by atoms with E-state index in [0.29, 0.717) is 30.3 Å². The average molecular weight is 415 g/mol. The topological polar surface area (TPSA) is 51.2 Å². The fourth-order valence-electron chi connectivity index (χ4n) is 2.37. The van der Waals surface area contributed by atoms with Crippen molar-refractivity contribution >= 4 is 17.5 Å². The minimum Gasteiger partial charge on any atom is -0.493 e. The number of ether oxygens (including phenoxy) is 1. The third kappa shape index (κ3) is 7.38. The normalized spacial score (nSPS) is 11.5.